The van der Waals surface area contributed by atoms with E-state index in [1.54, 1.807) is 0 Å². The number of primary amides is 1. The largest absolute Gasteiger partial charge is 0.399 e. The predicted octanol–water partition coefficient (Wildman–Crippen LogP) is 0.507. The van der Waals surface area contributed by atoms with Gasteiger partial charge in [0.2, 0.25) is 0 Å². The lowest BCUT2D eigenvalue weighted by Crippen LogP contribution is -2.13. The van der Waals surface area contributed by atoms with Gasteiger partial charge in [-0.15, -0.1) is 0 Å². The van der Waals surface area contributed by atoms with E-state index in [0.717, 1.165) is 12.1 Å². The standard InChI is InChI=1S/C7H7FN2O/c8-6-2-1-4(9)3-5(6)7(10)11/h1-3H,9H2,(H2,10,11)/i1D. The second-order valence-electron chi connectivity index (χ2n) is 2.01. The molecular formula is C7H7FN2O. The van der Waals surface area contributed by atoms with Crippen molar-refractivity contribution in [3.05, 3.63) is 29.6 Å². The molecule has 0 aliphatic heterocycles. The van der Waals surface area contributed by atoms with Gasteiger partial charge in [0.05, 0.1) is 6.93 Å². The Balaban J connectivity index is 3.33. The summed E-state index contributed by atoms with van der Waals surface area (Å²) in [6, 6.07) is 1.76. The maximum absolute atomic E-state index is 12.8. The Kier molecular flexibility index (Phi) is 1.44. The van der Waals surface area contributed by atoms with Crippen LogP contribution in [-0.4, -0.2) is 5.91 Å². The molecule has 1 amide bonds. The van der Waals surface area contributed by atoms with Crippen LogP contribution in [0.1, 0.15) is 11.7 Å². The third-order valence-corrected chi connectivity index (χ3v) is 1.19. The minimum Gasteiger partial charge on any atom is -0.399 e. The molecule has 0 aliphatic rings. The molecular weight excluding hydrogens is 147 g/mol. The first-order chi connectivity index (χ1) is 5.52. The number of benzene rings is 1. The van der Waals surface area contributed by atoms with E-state index >= 15 is 0 Å². The van der Waals surface area contributed by atoms with E-state index in [0.29, 0.717) is 0 Å². The van der Waals surface area contributed by atoms with Crippen LogP contribution in [0.15, 0.2) is 18.2 Å². The van der Waals surface area contributed by atoms with Gasteiger partial charge < -0.3 is 11.5 Å². The third-order valence-electron chi connectivity index (χ3n) is 1.19. The van der Waals surface area contributed by atoms with Crippen LogP contribution in [0.25, 0.3) is 0 Å². The van der Waals surface area contributed by atoms with Crippen molar-refractivity contribution in [2.24, 2.45) is 5.73 Å². The summed E-state index contributed by atoms with van der Waals surface area (Å²) < 4.78 is 19.9. The molecule has 0 radical (unpaired) electrons. The number of nitrogen functional groups attached to an aromatic ring is 1. The first-order valence-electron chi connectivity index (χ1n) is 3.38. The molecule has 1 rings (SSSR count). The number of carbonyl (C=O) groups is 1. The summed E-state index contributed by atoms with van der Waals surface area (Å²) >= 11 is 0. The van der Waals surface area contributed by atoms with Gasteiger partial charge in [0.1, 0.15) is 5.82 Å². The Bertz CT molecular complexity index is 340. The summed E-state index contributed by atoms with van der Waals surface area (Å²) in [5, 5.41) is 0. The molecule has 0 saturated carbocycles. The molecule has 0 heterocycles. The number of nitrogens with two attached hydrogens (primary N) is 2. The molecule has 0 spiro atoms. The Hall–Kier alpha value is -1.58. The maximum atomic E-state index is 12.8. The summed E-state index contributed by atoms with van der Waals surface area (Å²) in [4.78, 5) is 10.6. The lowest BCUT2D eigenvalue weighted by atomic mass is 10.2. The average molecular weight is 155 g/mol. The topological polar surface area (TPSA) is 69.1 Å². The highest BCUT2D eigenvalue weighted by molar-refractivity contribution is 5.93. The zero-order chi connectivity index (χ0) is 9.30. The normalized spacial score (nSPS) is 10.8. The molecule has 3 nitrogen and oxygen atoms in total. The summed E-state index contributed by atoms with van der Waals surface area (Å²) in [6.45, 7) is 0. The fourth-order valence-electron chi connectivity index (χ4n) is 0.679. The Morgan fingerprint density at radius 3 is 2.91 bits per heavy atom. The SMILES string of the molecule is [2H]c1cc(F)c(C(N)=O)cc1N. The lowest BCUT2D eigenvalue weighted by Gasteiger charge is -1.98. The fraction of sp³-hybridized carbons (Fsp3) is 0. The zero-order valence-corrected chi connectivity index (χ0v) is 5.60. The van der Waals surface area contributed by atoms with Crippen LogP contribution in [0.3, 0.4) is 0 Å². The van der Waals surface area contributed by atoms with Crippen molar-refractivity contribution < 1.29 is 10.6 Å². The molecule has 0 atom stereocenters. The van der Waals surface area contributed by atoms with Crippen molar-refractivity contribution >= 4 is 11.6 Å². The van der Waals surface area contributed by atoms with Gasteiger partial charge in [0, 0.05) is 5.69 Å². The van der Waals surface area contributed by atoms with Gasteiger partial charge in [-0.3, -0.25) is 4.79 Å². The van der Waals surface area contributed by atoms with E-state index in [1.807, 2.05) is 0 Å². The number of hydrogen-bond acceptors (Lipinski definition) is 2. The zero-order valence-electron chi connectivity index (χ0n) is 6.60. The van der Waals surface area contributed by atoms with Gasteiger partial charge in [-0.1, -0.05) is 0 Å². The van der Waals surface area contributed by atoms with Crippen LogP contribution in [0, 0.1) is 5.82 Å². The highest BCUT2D eigenvalue weighted by atomic mass is 19.1. The molecule has 0 saturated heterocycles. The van der Waals surface area contributed by atoms with Gasteiger partial charge in [-0.25, -0.2) is 4.39 Å². The van der Waals surface area contributed by atoms with Gasteiger partial charge >= 0.3 is 0 Å². The molecule has 4 heteroatoms. The lowest BCUT2D eigenvalue weighted by molar-refractivity contribution is 0.0996. The molecule has 11 heavy (non-hydrogen) atoms. The predicted molar refractivity (Wildman–Crippen MR) is 39.3 cm³/mol. The Morgan fingerprint density at radius 2 is 2.36 bits per heavy atom. The minimum absolute atomic E-state index is 0.0326. The molecule has 0 aliphatic carbocycles. The molecule has 58 valence electrons. The number of anilines is 1. The van der Waals surface area contributed by atoms with Crippen LogP contribution in [0.2, 0.25) is 0 Å². The quantitative estimate of drug-likeness (QED) is 0.580. The maximum Gasteiger partial charge on any atom is 0.251 e. The number of rotatable bonds is 1. The van der Waals surface area contributed by atoms with Crippen molar-refractivity contribution in [1.29, 1.82) is 0 Å². The van der Waals surface area contributed by atoms with Crippen molar-refractivity contribution in [3.8, 4) is 0 Å². The molecule has 0 bridgehead atoms. The molecule has 0 aromatic heterocycles. The van der Waals surface area contributed by atoms with Crippen LogP contribution in [0.4, 0.5) is 10.1 Å². The van der Waals surface area contributed by atoms with Crippen molar-refractivity contribution in [1.82, 2.24) is 0 Å². The first kappa shape index (κ1) is 6.15. The van der Waals surface area contributed by atoms with E-state index in [2.05, 4.69) is 0 Å². The Morgan fingerprint density at radius 1 is 1.73 bits per heavy atom. The Labute approximate surface area is 64.2 Å². The van der Waals surface area contributed by atoms with E-state index in [9.17, 15) is 9.18 Å². The van der Waals surface area contributed by atoms with Crippen LogP contribution in [-0.2, 0) is 0 Å². The van der Waals surface area contributed by atoms with E-state index in [4.69, 9.17) is 12.8 Å². The molecule has 1 aromatic rings. The second kappa shape index (κ2) is 2.57. The average Bonchev–Trinajstić information content (AvgIpc) is 1.96. The van der Waals surface area contributed by atoms with Crippen LogP contribution in [0.5, 0.6) is 0 Å². The minimum atomic E-state index is -0.890. The first-order valence-corrected chi connectivity index (χ1v) is 2.88. The molecule has 0 fully saturated rings. The number of carbonyl (C=O) groups excluding carboxylic acids is 1. The van der Waals surface area contributed by atoms with E-state index < -0.39 is 11.7 Å². The van der Waals surface area contributed by atoms with E-state index in [1.165, 1.54) is 0 Å². The van der Waals surface area contributed by atoms with Gasteiger partial charge in [0.15, 0.2) is 0 Å². The second-order valence-corrected chi connectivity index (χ2v) is 2.01. The smallest absolute Gasteiger partial charge is 0.251 e. The van der Waals surface area contributed by atoms with Crippen LogP contribution >= 0.6 is 0 Å². The van der Waals surface area contributed by atoms with Gasteiger partial charge in [-0.05, 0) is 18.2 Å². The van der Waals surface area contributed by atoms with Crippen molar-refractivity contribution in [2.75, 3.05) is 5.73 Å². The van der Waals surface area contributed by atoms with Crippen LogP contribution < -0.4 is 11.5 Å². The van der Waals surface area contributed by atoms with Gasteiger partial charge in [-0.2, -0.15) is 0 Å². The summed E-state index contributed by atoms with van der Waals surface area (Å²) in [6.07, 6.45) is 0. The number of halogens is 1. The summed E-state index contributed by atoms with van der Waals surface area (Å²) in [7, 11) is 0. The van der Waals surface area contributed by atoms with Crippen molar-refractivity contribution in [3.63, 3.8) is 0 Å². The summed E-state index contributed by atoms with van der Waals surface area (Å²) in [5.41, 5.74) is 9.85. The van der Waals surface area contributed by atoms with Crippen molar-refractivity contribution in [2.45, 2.75) is 0 Å². The highest BCUT2D eigenvalue weighted by Crippen LogP contribution is 2.10. The monoisotopic (exact) mass is 155 g/mol. The third kappa shape index (κ3) is 1.46. The summed E-state index contributed by atoms with van der Waals surface area (Å²) in [5.74, 6) is -1.71. The molecule has 4 N–H and O–H groups in total. The number of amides is 1. The number of hydrogen-bond donors (Lipinski definition) is 2. The molecule has 1 aromatic carbocycles. The fourth-order valence-corrected chi connectivity index (χ4v) is 0.679. The van der Waals surface area contributed by atoms with Gasteiger partial charge in [0.25, 0.3) is 5.91 Å². The van der Waals surface area contributed by atoms with E-state index in [-0.39, 0.29) is 17.3 Å². The molecule has 0 unspecified atom stereocenters. The highest BCUT2D eigenvalue weighted by Gasteiger charge is 2.06.